The van der Waals surface area contributed by atoms with Crippen molar-refractivity contribution >= 4 is 41.9 Å². The Morgan fingerprint density at radius 3 is 2.05 bits per heavy atom. The predicted molar refractivity (Wildman–Crippen MR) is 172 cm³/mol. The van der Waals surface area contributed by atoms with E-state index in [4.69, 9.17) is 9.97 Å². The van der Waals surface area contributed by atoms with Crippen molar-refractivity contribution in [3.05, 3.63) is 97.3 Å². The van der Waals surface area contributed by atoms with E-state index < -0.39 is 0 Å². The first kappa shape index (κ1) is 32.1. The summed E-state index contributed by atoms with van der Waals surface area (Å²) in [5.41, 5.74) is 12.5. The molecule has 2 N–H and O–H groups in total. The third-order valence-electron chi connectivity index (χ3n) is 8.86. The van der Waals surface area contributed by atoms with Gasteiger partial charge in [0, 0.05) is 24.2 Å². The van der Waals surface area contributed by atoms with E-state index in [9.17, 15) is 9.59 Å². The summed E-state index contributed by atoms with van der Waals surface area (Å²) in [4.78, 5) is 34.2. The second-order valence-electron chi connectivity index (χ2n) is 11.6. The van der Waals surface area contributed by atoms with Gasteiger partial charge >= 0.3 is 17.1 Å². The molecule has 0 radical (unpaired) electrons. The van der Waals surface area contributed by atoms with E-state index in [2.05, 4.69) is 75.8 Å². The van der Waals surface area contributed by atoms with E-state index in [0.29, 0.717) is 25.7 Å². The SMILES string of the molecule is C=CC1=C(C)C2=Cc3[n-]c(c(C)c3C=C)C=C3NC(C=c4[n-]c(c(C)c4CCC(C)=O)=CC1N2)C(CCC(C)=O)=C3C.[Fe+6]. The third-order valence-corrected chi connectivity index (χ3v) is 8.86. The third kappa shape index (κ3) is 6.15. The van der Waals surface area contributed by atoms with Crippen LogP contribution in [0.5, 0.6) is 0 Å². The number of fused-ring (bicyclic) bond motifs is 8. The molecule has 0 aliphatic carbocycles. The molecule has 5 heterocycles. The van der Waals surface area contributed by atoms with Crippen LogP contribution in [0.3, 0.4) is 0 Å². The van der Waals surface area contributed by atoms with Crippen LogP contribution in [0, 0.1) is 13.8 Å². The van der Waals surface area contributed by atoms with Gasteiger partial charge in [-0.2, -0.15) is 0 Å². The first-order valence-electron chi connectivity index (χ1n) is 14.7. The molecular weight excluding hydrogens is 576 g/mol. The molecule has 0 saturated carbocycles. The molecule has 43 heavy (non-hydrogen) atoms. The fourth-order valence-electron chi connectivity index (χ4n) is 6.26. The summed E-state index contributed by atoms with van der Waals surface area (Å²) >= 11 is 0. The largest absolute Gasteiger partial charge is 6.00 e. The zero-order chi connectivity index (χ0) is 30.3. The van der Waals surface area contributed by atoms with E-state index in [1.807, 2.05) is 12.2 Å². The van der Waals surface area contributed by atoms with Gasteiger partial charge in [-0.25, -0.2) is 0 Å². The van der Waals surface area contributed by atoms with Crippen molar-refractivity contribution < 1.29 is 26.7 Å². The molecule has 3 aliphatic heterocycles. The van der Waals surface area contributed by atoms with Crippen LogP contribution in [0.25, 0.3) is 30.4 Å². The Morgan fingerprint density at radius 2 is 1.40 bits per heavy atom. The van der Waals surface area contributed by atoms with Gasteiger partial charge in [-0.05, 0) is 82.2 Å². The van der Waals surface area contributed by atoms with E-state index >= 15 is 0 Å². The first-order chi connectivity index (χ1) is 20.0. The molecule has 2 aromatic rings. The normalized spacial score (nSPS) is 18.9. The fourth-order valence-corrected chi connectivity index (χ4v) is 6.26. The number of carbonyl (C=O) groups excluding carboxylic acids is 2. The average molecular weight is 617 g/mol. The van der Waals surface area contributed by atoms with Crippen LogP contribution in [-0.4, -0.2) is 23.7 Å². The summed E-state index contributed by atoms with van der Waals surface area (Å²) in [6, 6.07) is -0.229. The van der Waals surface area contributed by atoms with Crippen LogP contribution in [-0.2, 0) is 33.1 Å². The van der Waals surface area contributed by atoms with Crippen molar-refractivity contribution in [2.24, 2.45) is 0 Å². The first-order valence-corrected chi connectivity index (χ1v) is 14.7. The molecule has 2 aromatic heterocycles. The molecule has 0 amide bonds. The van der Waals surface area contributed by atoms with Gasteiger partial charge in [-0.15, -0.1) is 22.1 Å². The van der Waals surface area contributed by atoms with Crippen LogP contribution in [0.4, 0.5) is 0 Å². The summed E-state index contributed by atoms with van der Waals surface area (Å²) in [5.74, 6) is 0.319. The van der Waals surface area contributed by atoms with Crippen LogP contribution < -0.4 is 31.3 Å². The van der Waals surface area contributed by atoms with Gasteiger partial charge in [-0.3, -0.25) is 0 Å². The maximum absolute atomic E-state index is 12.0. The van der Waals surface area contributed by atoms with E-state index in [-0.39, 0.29) is 40.7 Å². The van der Waals surface area contributed by atoms with Gasteiger partial charge in [0.15, 0.2) is 0 Å². The number of carbonyl (C=O) groups is 2. The Bertz CT molecular complexity index is 1770. The number of rotatable bonds is 8. The van der Waals surface area contributed by atoms with E-state index in [1.165, 1.54) is 5.57 Å². The molecular formula is C36H40FeN4O2+4. The second-order valence-corrected chi connectivity index (χ2v) is 11.6. The second kappa shape index (κ2) is 12.8. The molecule has 3 aliphatic rings. The molecule has 2 atom stereocenters. The Morgan fingerprint density at radius 1 is 0.791 bits per heavy atom. The maximum atomic E-state index is 12.0. The molecule has 5 rings (SSSR count). The molecule has 8 bridgehead atoms. The monoisotopic (exact) mass is 616 g/mol. The summed E-state index contributed by atoms with van der Waals surface area (Å²) in [6.45, 7) is 19.8. The van der Waals surface area contributed by atoms with Gasteiger partial charge in [0.1, 0.15) is 11.6 Å². The molecule has 7 heteroatoms. The standard InChI is InChI=1S/C36H40N4O2.Fe/c1-9-25-21(5)29-15-30-23(7)27(13-11-19(3)41)35(39-30)18-36-28(14-12-20(4)42)24(8)32(40-36)17-34-26(10-2)22(6)31(38-34)16-33(25)37-29;/h9-10,15-18,34-35,38-39H,1-2,11-14H2,3-8H3;/q-2;+6. The number of aromatic nitrogens is 2. The van der Waals surface area contributed by atoms with Crippen LogP contribution in [0.1, 0.15) is 80.6 Å². The number of hydrogen-bond donors (Lipinski definition) is 2. The van der Waals surface area contributed by atoms with Gasteiger partial charge in [0.25, 0.3) is 0 Å². The summed E-state index contributed by atoms with van der Waals surface area (Å²) in [6.07, 6.45) is 14.5. The molecule has 2 unspecified atom stereocenters. The van der Waals surface area contributed by atoms with Crippen LogP contribution >= 0.6 is 0 Å². The molecule has 0 spiro atoms. The van der Waals surface area contributed by atoms with E-state index in [1.54, 1.807) is 13.8 Å². The average Bonchev–Trinajstić information content (AvgIpc) is 3.59. The molecule has 6 nitrogen and oxygen atoms in total. The van der Waals surface area contributed by atoms with Gasteiger partial charge < -0.3 is 30.2 Å². The fraction of sp³-hybridized carbons (Fsp3) is 0.333. The van der Waals surface area contributed by atoms with Crippen molar-refractivity contribution in [2.45, 2.75) is 79.3 Å². The Labute approximate surface area is 265 Å². The number of ketones is 2. The zero-order valence-corrected chi connectivity index (χ0v) is 27.0. The number of Topliss-reactive ketones (excluding diaryl/α,β-unsaturated/α-hetero) is 2. The Hall–Kier alpha value is -3.80. The Kier molecular flexibility index (Phi) is 9.58. The van der Waals surface area contributed by atoms with Crippen LogP contribution in [0.15, 0.2) is 52.9 Å². The predicted octanol–water partition coefficient (Wildman–Crippen LogP) is 4.47. The summed E-state index contributed by atoms with van der Waals surface area (Å²) < 4.78 is 0. The van der Waals surface area contributed by atoms with Crippen molar-refractivity contribution in [3.8, 4) is 0 Å². The molecule has 0 fully saturated rings. The van der Waals surface area contributed by atoms with E-state index in [0.717, 1.165) is 72.5 Å². The number of nitrogens with zero attached hydrogens (tertiary/aromatic N) is 2. The maximum Gasteiger partial charge on any atom is 6.00 e. The van der Waals surface area contributed by atoms with Gasteiger partial charge in [0.05, 0.1) is 12.1 Å². The van der Waals surface area contributed by atoms with Crippen molar-refractivity contribution in [3.63, 3.8) is 0 Å². The van der Waals surface area contributed by atoms with Crippen molar-refractivity contribution in [2.75, 3.05) is 0 Å². The van der Waals surface area contributed by atoms with Crippen molar-refractivity contribution in [1.82, 2.24) is 20.6 Å². The van der Waals surface area contributed by atoms with Gasteiger partial charge in [-0.1, -0.05) is 66.3 Å². The molecule has 220 valence electrons. The summed E-state index contributed by atoms with van der Waals surface area (Å²) in [7, 11) is 0. The van der Waals surface area contributed by atoms with Crippen molar-refractivity contribution in [1.29, 1.82) is 0 Å². The molecule has 0 aromatic carbocycles. The number of hydrogen-bond acceptors (Lipinski definition) is 4. The quantitative estimate of drug-likeness (QED) is 0.426. The minimum Gasteiger partial charge on any atom is -0.658 e. The summed E-state index contributed by atoms with van der Waals surface area (Å²) in [5, 5.41) is 9.16. The minimum absolute atomic E-state index is 0. The topological polar surface area (TPSA) is 86.4 Å². The van der Waals surface area contributed by atoms with Gasteiger partial charge in [0.2, 0.25) is 0 Å². The number of nitrogens with one attached hydrogen (secondary N) is 2. The number of allylic oxidation sites excluding steroid dienone is 2. The molecule has 0 saturated heterocycles. The Balaban J connectivity index is 0.00000423. The zero-order valence-electron chi connectivity index (χ0n) is 25.9. The smallest absolute Gasteiger partial charge is 0.658 e. The van der Waals surface area contributed by atoms with Crippen LogP contribution in [0.2, 0.25) is 0 Å². The minimum atomic E-state index is -0.127.